The average Bonchev–Trinajstić information content (AvgIpc) is 2.81. The molecule has 0 aromatic heterocycles. The quantitative estimate of drug-likeness (QED) is 0.394. The Morgan fingerprint density at radius 2 is 1.06 bits per heavy atom. The summed E-state index contributed by atoms with van der Waals surface area (Å²) in [6.45, 7) is 0. The lowest BCUT2D eigenvalue weighted by Crippen LogP contribution is -2.39. The monoisotopic (exact) mass is 574 g/mol. The highest BCUT2D eigenvalue weighted by molar-refractivity contribution is 9.10. The van der Waals surface area contributed by atoms with Gasteiger partial charge in [0.1, 0.15) is 0 Å². The van der Waals surface area contributed by atoms with Gasteiger partial charge in [0.05, 0.1) is 0 Å². The molecule has 4 nitrogen and oxygen atoms in total. The molecule has 4 rings (SSSR count). The molecule has 2 N–H and O–H groups in total. The van der Waals surface area contributed by atoms with Crippen molar-refractivity contribution in [2.24, 2.45) is 11.8 Å². The van der Waals surface area contributed by atoms with Gasteiger partial charge in [0, 0.05) is 32.2 Å². The summed E-state index contributed by atoms with van der Waals surface area (Å²) in [5.41, 5.74) is 1.44. The lowest BCUT2D eigenvalue weighted by Gasteiger charge is -2.34. The van der Waals surface area contributed by atoms with Crippen LogP contribution in [0, 0.1) is 11.8 Å². The van der Waals surface area contributed by atoms with E-state index in [1.807, 2.05) is 48.5 Å². The number of nitrogens with one attached hydrogen (secondary N) is 2. The number of hydrogen-bond donors (Lipinski definition) is 2. The van der Waals surface area contributed by atoms with Crippen LogP contribution in [0.5, 0.6) is 0 Å². The molecule has 0 aliphatic heterocycles. The summed E-state index contributed by atoms with van der Waals surface area (Å²) in [4.78, 5) is 25.0. The number of halogens is 2. The molecule has 176 valence electrons. The first-order chi connectivity index (χ1) is 16.0. The Balaban J connectivity index is 1.15. The number of hydrogen-bond acceptors (Lipinski definition) is 2. The van der Waals surface area contributed by atoms with Gasteiger partial charge in [-0.1, -0.05) is 44.0 Å². The molecule has 2 aromatic carbocycles. The van der Waals surface area contributed by atoms with E-state index in [4.69, 9.17) is 0 Å². The van der Waals surface area contributed by atoms with Crippen molar-refractivity contribution in [1.82, 2.24) is 10.6 Å². The first-order valence-corrected chi connectivity index (χ1v) is 13.7. The topological polar surface area (TPSA) is 58.2 Å². The minimum atomic E-state index is 0.0305. The minimum absolute atomic E-state index is 0.0305. The Morgan fingerprint density at radius 1 is 0.667 bits per heavy atom. The molecule has 2 aliphatic rings. The molecule has 2 aliphatic carbocycles. The fraction of sp³-hybridized carbons (Fsp3) is 0.481. The summed E-state index contributed by atoms with van der Waals surface area (Å²) in [5, 5.41) is 6.45. The van der Waals surface area contributed by atoms with Crippen molar-refractivity contribution in [3.05, 3.63) is 68.6 Å². The standard InChI is InChI=1S/C27H32Br2N2O2/c28-22-5-1-3-20(16-22)26(32)30-24-11-7-18(8-12-24)15-19-9-13-25(14-10-19)31-27(33)21-4-2-6-23(29)17-21/h1-6,16-19,24-25H,7-15H2,(H,30,32)(H,31,33). The van der Waals surface area contributed by atoms with Gasteiger partial charge in [0.15, 0.2) is 0 Å². The van der Waals surface area contributed by atoms with Gasteiger partial charge in [-0.05, 0) is 106 Å². The van der Waals surface area contributed by atoms with Gasteiger partial charge in [0.2, 0.25) is 0 Å². The highest BCUT2D eigenvalue weighted by Crippen LogP contribution is 2.35. The van der Waals surface area contributed by atoms with Gasteiger partial charge in [-0.15, -0.1) is 0 Å². The van der Waals surface area contributed by atoms with E-state index < -0.39 is 0 Å². The van der Waals surface area contributed by atoms with Crippen molar-refractivity contribution in [2.75, 3.05) is 0 Å². The number of amides is 2. The maximum absolute atomic E-state index is 12.5. The largest absolute Gasteiger partial charge is 0.349 e. The number of carbonyl (C=O) groups is 2. The van der Waals surface area contributed by atoms with Crippen LogP contribution in [0.25, 0.3) is 0 Å². The second kappa shape index (κ2) is 11.7. The number of rotatable bonds is 6. The summed E-state index contributed by atoms with van der Waals surface area (Å²) < 4.78 is 1.86. The van der Waals surface area contributed by atoms with Crippen LogP contribution >= 0.6 is 31.9 Å². The molecule has 0 bridgehead atoms. The Labute approximate surface area is 213 Å². The molecular weight excluding hydrogens is 544 g/mol. The maximum Gasteiger partial charge on any atom is 0.251 e. The Kier molecular flexibility index (Phi) is 8.64. The molecule has 0 radical (unpaired) electrons. The van der Waals surface area contributed by atoms with E-state index >= 15 is 0 Å². The molecule has 2 aromatic rings. The average molecular weight is 576 g/mol. The highest BCUT2D eigenvalue weighted by Gasteiger charge is 2.28. The van der Waals surface area contributed by atoms with Crippen molar-refractivity contribution in [1.29, 1.82) is 0 Å². The molecule has 0 unspecified atom stereocenters. The third-order valence-electron chi connectivity index (χ3n) is 7.20. The fourth-order valence-electron chi connectivity index (χ4n) is 5.35. The normalized spacial score (nSPS) is 25.3. The minimum Gasteiger partial charge on any atom is -0.349 e. The zero-order valence-electron chi connectivity index (χ0n) is 18.9. The van der Waals surface area contributed by atoms with E-state index in [2.05, 4.69) is 42.5 Å². The number of benzene rings is 2. The van der Waals surface area contributed by atoms with E-state index in [1.54, 1.807) is 0 Å². The summed E-state index contributed by atoms with van der Waals surface area (Å²) in [6.07, 6.45) is 10.4. The number of carbonyl (C=O) groups excluding carboxylic acids is 2. The molecular formula is C27H32Br2N2O2. The van der Waals surface area contributed by atoms with E-state index in [9.17, 15) is 9.59 Å². The smallest absolute Gasteiger partial charge is 0.251 e. The first-order valence-electron chi connectivity index (χ1n) is 12.1. The zero-order valence-corrected chi connectivity index (χ0v) is 22.0. The third kappa shape index (κ3) is 7.16. The third-order valence-corrected chi connectivity index (χ3v) is 8.19. The second-order valence-corrected chi connectivity index (χ2v) is 11.5. The van der Waals surface area contributed by atoms with Crippen molar-refractivity contribution >= 4 is 43.7 Å². The molecule has 0 spiro atoms. The van der Waals surface area contributed by atoms with Gasteiger partial charge >= 0.3 is 0 Å². The SMILES string of the molecule is O=C(NC1CCC(CC2CCC(NC(=O)c3cccc(Br)c3)CC2)CC1)c1cccc(Br)c1. The van der Waals surface area contributed by atoms with Crippen LogP contribution in [0.1, 0.15) is 78.5 Å². The molecule has 0 saturated heterocycles. The molecule has 2 saturated carbocycles. The highest BCUT2D eigenvalue weighted by atomic mass is 79.9. The maximum atomic E-state index is 12.5. The molecule has 33 heavy (non-hydrogen) atoms. The zero-order chi connectivity index (χ0) is 23.2. The first kappa shape index (κ1) is 24.5. The Hall–Kier alpha value is -1.66. The molecule has 2 fully saturated rings. The summed E-state index contributed by atoms with van der Waals surface area (Å²) in [5.74, 6) is 1.59. The van der Waals surface area contributed by atoms with Gasteiger partial charge in [-0.2, -0.15) is 0 Å². The van der Waals surface area contributed by atoms with Crippen LogP contribution in [-0.4, -0.2) is 23.9 Å². The summed E-state index contributed by atoms with van der Waals surface area (Å²) in [6, 6.07) is 15.7. The van der Waals surface area contributed by atoms with Crippen LogP contribution in [0.2, 0.25) is 0 Å². The second-order valence-electron chi connectivity index (χ2n) is 9.64. The Morgan fingerprint density at radius 3 is 1.42 bits per heavy atom. The van der Waals surface area contributed by atoms with Crippen LogP contribution in [-0.2, 0) is 0 Å². The van der Waals surface area contributed by atoms with Crippen molar-refractivity contribution in [2.45, 2.75) is 69.9 Å². The van der Waals surface area contributed by atoms with Crippen molar-refractivity contribution in [3.8, 4) is 0 Å². The van der Waals surface area contributed by atoms with Crippen LogP contribution < -0.4 is 10.6 Å². The van der Waals surface area contributed by atoms with Gasteiger partial charge in [-0.25, -0.2) is 0 Å². The van der Waals surface area contributed by atoms with Gasteiger partial charge in [-0.3, -0.25) is 9.59 Å². The fourth-order valence-corrected chi connectivity index (χ4v) is 6.15. The predicted molar refractivity (Wildman–Crippen MR) is 139 cm³/mol. The Bertz CT molecular complexity index is 887. The molecule has 0 heterocycles. The molecule has 2 amide bonds. The van der Waals surface area contributed by atoms with Crippen molar-refractivity contribution in [3.63, 3.8) is 0 Å². The predicted octanol–water partition coefficient (Wildman–Crippen LogP) is 6.88. The van der Waals surface area contributed by atoms with Crippen LogP contribution in [0.4, 0.5) is 0 Å². The summed E-state index contributed by atoms with van der Waals surface area (Å²) >= 11 is 6.87. The molecule has 6 heteroatoms. The van der Waals surface area contributed by atoms with Crippen molar-refractivity contribution < 1.29 is 9.59 Å². The van der Waals surface area contributed by atoms with Gasteiger partial charge in [0.25, 0.3) is 11.8 Å². The van der Waals surface area contributed by atoms with Crippen LogP contribution in [0.15, 0.2) is 57.5 Å². The van der Waals surface area contributed by atoms with Crippen LogP contribution in [0.3, 0.4) is 0 Å². The van der Waals surface area contributed by atoms with E-state index in [0.717, 1.165) is 57.6 Å². The lowest BCUT2D eigenvalue weighted by atomic mass is 9.75. The summed E-state index contributed by atoms with van der Waals surface area (Å²) in [7, 11) is 0. The lowest BCUT2D eigenvalue weighted by molar-refractivity contribution is 0.0917. The molecule has 0 atom stereocenters. The van der Waals surface area contributed by atoms with E-state index in [-0.39, 0.29) is 23.9 Å². The van der Waals surface area contributed by atoms with E-state index in [0.29, 0.717) is 0 Å². The van der Waals surface area contributed by atoms with E-state index in [1.165, 1.54) is 32.1 Å². The van der Waals surface area contributed by atoms with Gasteiger partial charge < -0.3 is 10.6 Å².